The lowest BCUT2D eigenvalue weighted by molar-refractivity contribution is 0.153. The van der Waals surface area contributed by atoms with Gasteiger partial charge in [-0.05, 0) is 43.6 Å². The smallest absolute Gasteiger partial charge is 0.227 e. The van der Waals surface area contributed by atoms with E-state index >= 15 is 0 Å². The van der Waals surface area contributed by atoms with Crippen LogP contribution in [0.3, 0.4) is 0 Å². The first-order valence-corrected chi connectivity index (χ1v) is 13.3. The number of fused-ring (bicyclic) bond motifs is 1. The summed E-state index contributed by atoms with van der Waals surface area (Å²) in [5.41, 5.74) is 9.65. The van der Waals surface area contributed by atoms with Crippen molar-refractivity contribution >= 4 is 22.7 Å². The second-order valence-corrected chi connectivity index (χ2v) is 10.2. The average Bonchev–Trinajstić information content (AvgIpc) is 2.98. The molecule has 0 radical (unpaired) electrons. The Kier molecular flexibility index (Phi) is 7.74. The fourth-order valence-corrected chi connectivity index (χ4v) is 5.71. The van der Waals surface area contributed by atoms with Gasteiger partial charge in [0.1, 0.15) is 11.6 Å². The molecular weight excluding hydrogens is 490 g/mol. The van der Waals surface area contributed by atoms with E-state index in [4.69, 9.17) is 24.9 Å². The molecule has 1 aromatic heterocycles. The first kappa shape index (κ1) is 26.6. The Bertz CT molecular complexity index is 1420. The molecule has 0 unspecified atom stereocenters. The summed E-state index contributed by atoms with van der Waals surface area (Å²) in [6.45, 7) is 3.62. The molecule has 5 rings (SSSR count). The van der Waals surface area contributed by atoms with Crippen LogP contribution in [-0.2, 0) is 12.0 Å². The lowest BCUT2D eigenvalue weighted by Gasteiger charge is -2.44. The van der Waals surface area contributed by atoms with Crippen LogP contribution in [0, 0.1) is 0 Å². The number of methoxy groups -OCH3 is 3. The summed E-state index contributed by atoms with van der Waals surface area (Å²) in [5.74, 6) is 3.17. The summed E-state index contributed by atoms with van der Waals surface area (Å²) in [4.78, 5) is 14.2. The van der Waals surface area contributed by atoms with Gasteiger partial charge >= 0.3 is 0 Å². The second-order valence-electron chi connectivity index (χ2n) is 10.2. The number of rotatable bonds is 9. The summed E-state index contributed by atoms with van der Waals surface area (Å²) in [6, 6.07) is 22.8. The van der Waals surface area contributed by atoms with Gasteiger partial charge in [-0.3, -0.25) is 4.90 Å². The SMILES string of the molecule is COc1ccccc1CN1CCC(CN(C)c2nc(N)c3cc(OC)c(OC)cc3n2)(c2ccccc2)CC1. The minimum Gasteiger partial charge on any atom is -0.496 e. The highest BCUT2D eigenvalue weighted by Crippen LogP contribution is 2.39. The maximum atomic E-state index is 6.41. The molecule has 0 spiro atoms. The van der Waals surface area contributed by atoms with E-state index < -0.39 is 0 Å². The standard InChI is InChI=1S/C31H37N5O3/c1-35(30-33-25-19-28(39-4)27(38-3)18-24(25)29(32)34-30)21-31(23-11-6-5-7-12-23)14-16-36(17-15-31)20-22-10-8-9-13-26(22)37-2/h5-13,18-19H,14-17,20-21H2,1-4H3,(H2,32,33,34). The largest absolute Gasteiger partial charge is 0.496 e. The maximum absolute atomic E-state index is 6.41. The topological polar surface area (TPSA) is 86.0 Å². The maximum Gasteiger partial charge on any atom is 0.227 e. The van der Waals surface area contributed by atoms with E-state index in [1.165, 1.54) is 11.1 Å². The predicted molar refractivity (Wildman–Crippen MR) is 156 cm³/mol. The first-order valence-electron chi connectivity index (χ1n) is 13.3. The molecule has 0 bridgehead atoms. The molecule has 0 atom stereocenters. The van der Waals surface area contributed by atoms with Crippen molar-refractivity contribution in [2.24, 2.45) is 0 Å². The lowest BCUT2D eigenvalue weighted by atomic mass is 9.72. The van der Waals surface area contributed by atoms with Crippen LogP contribution in [0.2, 0.25) is 0 Å². The molecule has 4 aromatic rings. The van der Waals surface area contributed by atoms with Crippen LogP contribution in [0.4, 0.5) is 11.8 Å². The number of likely N-dealkylation sites (tertiary alicyclic amines) is 1. The van der Waals surface area contributed by atoms with Gasteiger partial charge in [-0.25, -0.2) is 4.98 Å². The molecule has 8 nitrogen and oxygen atoms in total. The van der Waals surface area contributed by atoms with Crippen LogP contribution >= 0.6 is 0 Å². The lowest BCUT2D eigenvalue weighted by Crippen LogP contribution is -2.48. The van der Waals surface area contributed by atoms with Crippen molar-refractivity contribution in [2.75, 3.05) is 58.6 Å². The van der Waals surface area contributed by atoms with E-state index in [1.54, 1.807) is 21.3 Å². The van der Waals surface area contributed by atoms with Crippen LogP contribution < -0.4 is 24.8 Å². The Morgan fingerprint density at radius 1 is 0.846 bits per heavy atom. The van der Waals surface area contributed by atoms with Crippen molar-refractivity contribution in [1.82, 2.24) is 14.9 Å². The Morgan fingerprint density at radius 2 is 1.49 bits per heavy atom. The van der Waals surface area contributed by atoms with Gasteiger partial charge < -0.3 is 24.8 Å². The average molecular weight is 528 g/mol. The number of nitrogens with two attached hydrogens (primary N) is 1. The number of likely N-dealkylation sites (N-methyl/N-ethyl adjacent to an activating group) is 1. The van der Waals surface area contributed by atoms with Crippen molar-refractivity contribution in [3.8, 4) is 17.2 Å². The van der Waals surface area contributed by atoms with Crippen LogP contribution in [-0.4, -0.2) is 62.9 Å². The number of anilines is 2. The van der Waals surface area contributed by atoms with Gasteiger partial charge in [0.15, 0.2) is 11.5 Å². The number of para-hydroxylation sites is 1. The molecule has 0 aliphatic carbocycles. The number of hydrogen-bond donors (Lipinski definition) is 1. The molecule has 204 valence electrons. The molecule has 1 saturated heterocycles. The van der Waals surface area contributed by atoms with Gasteiger partial charge in [-0.15, -0.1) is 0 Å². The molecule has 1 aliphatic rings. The van der Waals surface area contributed by atoms with E-state index in [0.717, 1.165) is 55.7 Å². The van der Waals surface area contributed by atoms with Gasteiger partial charge in [0.2, 0.25) is 5.95 Å². The summed E-state index contributed by atoms with van der Waals surface area (Å²) >= 11 is 0. The molecule has 3 aromatic carbocycles. The molecule has 39 heavy (non-hydrogen) atoms. The highest BCUT2D eigenvalue weighted by Gasteiger charge is 2.38. The zero-order chi connectivity index (χ0) is 27.4. The number of nitrogen functional groups attached to an aromatic ring is 1. The zero-order valence-electron chi connectivity index (χ0n) is 23.2. The van der Waals surface area contributed by atoms with Crippen LogP contribution in [0.1, 0.15) is 24.0 Å². The van der Waals surface area contributed by atoms with Gasteiger partial charge in [0.25, 0.3) is 0 Å². The Hall–Kier alpha value is -4.04. The van der Waals surface area contributed by atoms with Gasteiger partial charge in [-0.2, -0.15) is 4.98 Å². The Balaban J connectivity index is 1.40. The molecule has 1 fully saturated rings. The quantitative estimate of drug-likeness (QED) is 0.329. The Labute approximate surface area is 230 Å². The van der Waals surface area contributed by atoms with Crippen LogP contribution in [0.25, 0.3) is 10.9 Å². The molecule has 8 heteroatoms. The minimum atomic E-state index is -0.0437. The third-order valence-electron chi connectivity index (χ3n) is 7.89. The van der Waals surface area contributed by atoms with Gasteiger partial charge in [0, 0.05) is 42.6 Å². The summed E-state index contributed by atoms with van der Waals surface area (Å²) < 4.78 is 16.5. The number of nitrogens with zero attached hydrogens (tertiary/aromatic N) is 4. The van der Waals surface area contributed by atoms with Gasteiger partial charge in [-0.1, -0.05) is 48.5 Å². The number of aromatic nitrogens is 2. The predicted octanol–water partition coefficient (Wildman–Crippen LogP) is 4.91. The molecule has 1 aliphatic heterocycles. The highest BCUT2D eigenvalue weighted by atomic mass is 16.5. The van der Waals surface area contributed by atoms with Crippen molar-refractivity contribution in [1.29, 1.82) is 0 Å². The fourth-order valence-electron chi connectivity index (χ4n) is 5.71. The Morgan fingerprint density at radius 3 is 2.18 bits per heavy atom. The van der Waals surface area contributed by atoms with E-state index in [-0.39, 0.29) is 5.41 Å². The summed E-state index contributed by atoms with van der Waals surface area (Å²) in [6.07, 6.45) is 2.04. The third-order valence-corrected chi connectivity index (χ3v) is 7.89. The number of benzene rings is 3. The monoisotopic (exact) mass is 527 g/mol. The number of hydrogen-bond acceptors (Lipinski definition) is 8. The molecule has 0 saturated carbocycles. The first-order chi connectivity index (χ1) is 19.0. The van der Waals surface area contributed by atoms with Crippen LogP contribution in [0.5, 0.6) is 17.2 Å². The number of ether oxygens (including phenoxy) is 3. The highest BCUT2D eigenvalue weighted by molar-refractivity contribution is 5.91. The molecule has 2 heterocycles. The number of piperidine rings is 1. The van der Waals surface area contributed by atoms with E-state index in [1.807, 2.05) is 31.3 Å². The minimum absolute atomic E-state index is 0.0437. The second kappa shape index (κ2) is 11.4. The van der Waals surface area contributed by atoms with Crippen LogP contribution in [0.15, 0.2) is 66.7 Å². The molecule has 0 amide bonds. The van der Waals surface area contributed by atoms with Crippen molar-refractivity contribution in [3.05, 3.63) is 77.9 Å². The molecule has 2 N–H and O–H groups in total. The summed E-state index contributed by atoms with van der Waals surface area (Å²) in [7, 11) is 7.01. The fraction of sp³-hybridized carbons (Fsp3) is 0.355. The van der Waals surface area contributed by atoms with Crippen molar-refractivity contribution in [3.63, 3.8) is 0 Å². The summed E-state index contributed by atoms with van der Waals surface area (Å²) in [5, 5.41) is 0.743. The normalized spacial score (nSPS) is 15.2. The van der Waals surface area contributed by atoms with Crippen molar-refractivity contribution < 1.29 is 14.2 Å². The van der Waals surface area contributed by atoms with E-state index in [2.05, 4.69) is 57.2 Å². The zero-order valence-corrected chi connectivity index (χ0v) is 23.2. The third kappa shape index (κ3) is 5.43. The molecular formula is C31H37N5O3. The van der Waals surface area contributed by atoms with E-state index in [0.29, 0.717) is 23.3 Å². The van der Waals surface area contributed by atoms with Crippen molar-refractivity contribution in [2.45, 2.75) is 24.8 Å². The van der Waals surface area contributed by atoms with Gasteiger partial charge in [0.05, 0.1) is 26.8 Å². The van der Waals surface area contributed by atoms with E-state index in [9.17, 15) is 0 Å².